The van der Waals surface area contributed by atoms with Crippen LogP contribution in [-0.4, -0.2) is 111 Å². The van der Waals surface area contributed by atoms with Gasteiger partial charge in [0.25, 0.3) is 0 Å². The van der Waals surface area contributed by atoms with Crippen molar-refractivity contribution in [1.82, 2.24) is 9.80 Å². The molecular weight excluding hydrogens is 838 g/mol. The Kier molecular flexibility index (Phi) is 14.6. The van der Waals surface area contributed by atoms with E-state index in [9.17, 15) is 32.4 Å². The lowest BCUT2D eigenvalue weighted by Crippen LogP contribution is -2.55. The van der Waals surface area contributed by atoms with Crippen molar-refractivity contribution in [3.05, 3.63) is 83.4 Å². The van der Waals surface area contributed by atoms with Crippen LogP contribution in [-0.2, 0) is 49.8 Å². The van der Waals surface area contributed by atoms with Crippen molar-refractivity contribution in [2.45, 2.75) is 58.7 Å². The van der Waals surface area contributed by atoms with Crippen LogP contribution in [0.1, 0.15) is 50.3 Å². The first-order valence-corrected chi connectivity index (χ1v) is 21.8. The molecule has 0 spiro atoms. The fraction of sp³-hybridized carbons (Fsp3) is 0.439. The van der Waals surface area contributed by atoms with Crippen LogP contribution in [0.25, 0.3) is 11.1 Å². The number of fused-ring (bicyclic) bond motifs is 3. The number of halogens is 1. The Morgan fingerprint density at radius 1 is 0.879 bits per heavy atom. The maximum absolute atomic E-state index is 13.6. The number of hydrogen-bond donors (Lipinski definition) is 1. The first-order chi connectivity index (χ1) is 27.5. The molecule has 1 aliphatic heterocycles. The average Bonchev–Trinajstić information content (AvgIpc) is 3.49. The minimum Gasteiger partial charge on any atom is -0.459 e. The van der Waals surface area contributed by atoms with Gasteiger partial charge in [0, 0.05) is 38.6 Å². The summed E-state index contributed by atoms with van der Waals surface area (Å²) in [4.78, 5) is 66.6. The number of amides is 3. The number of ketones is 1. The molecule has 58 heavy (non-hydrogen) atoms. The Bertz CT molecular complexity index is 2090. The van der Waals surface area contributed by atoms with Crippen molar-refractivity contribution in [2.75, 3.05) is 49.5 Å². The molecule has 1 N–H and O–H groups in total. The Morgan fingerprint density at radius 3 is 2.10 bits per heavy atom. The lowest BCUT2D eigenvalue weighted by atomic mass is 9.82. The van der Waals surface area contributed by atoms with Crippen molar-refractivity contribution in [1.29, 1.82) is 0 Å². The van der Waals surface area contributed by atoms with Crippen LogP contribution in [0.2, 0.25) is 0 Å². The summed E-state index contributed by atoms with van der Waals surface area (Å²) in [5, 5.41) is 2.75. The molecule has 15 nitrogen and oxygen atoms in total. The monoisotopic (exact) mass is 885 g/mol. The molecule has 1 aliphatic carbocycles. The number of rotatable bonds is 15. The number of anilines is 1. The second kappa shape index (κ2) is 19.2. The van der Waals surface area contributed by atoms with E-state index < -0.39 is 58.9 Å². The lowest BCUT2D eigenvalue weighted by molar-refractivity contribution is -0.241. The van der Waals surface area contributed by atoms with E-state index in [0.29, 0.717) is 5.56 Å². The topological polar surface area (TPSA) is 184 Å². The third kappa shape index (κ3) is 10.9. The van der Waals surface area contributed by atoms with Gasteiger partial charge in [-0.3, -0.25) is 19.3 Å². The van der Waals surface area contributed by atoms with Crippen LogP contribution >= 0.6 is 15.9 Å². The molecule has 17 heteroatoms. The number of esters is 1. The summed E-state index contributed by atoms with van der Waals surface area (Å²) in [6.45, 7) is 5.53. The molecule has 2 unspecified atom stereocenters. The molecule has 312 valence electrons. The summed E-state index contributed by atoms with van der Waals surface area (Å²) in [5.74, 6) is -2.52. The molecule has 5 atom stereocenters. The van der Waals surface area contributed by atoms with Crippen LogP contribution < -0.4 is 10.1 Å². The van der Waals surface area contributed by atoms with Gasteiger partial charge in [-0.25, -0.2) is 18.0 Å². The van der Waals surface area contributed by atoms with Crippen molar-refractivity contribution in [3.8, 4) is 16.9 Å². The predicted octanol–water partition coefficient (Wildman–Crippen LogP) is 5.74. The number of ether oxygens (including phenoxy) is 5. The lowest BCUT2D eigenvalue weighted by Gasteiger charge is -2.42. The van der Waals surface area contributed by atoms with Crippen molar-refractivity contribution >= 4 is 61.3 Å². The van der Waals surface area contributed by atoms with Crippen molar-refractivity contribution < 1.29 is 56.1 Å². The SMILES string of the molecule is CC(=O)OC1[C@H](Oc2ccc(COC(=O)N(CBr)CCS(C)(=O)=O)cc2NC(=O)CN(C)C(=O)OCC2c3ccccc3-c3ccccc32)OC(C(C)=O)[C@@H](C)[C@@H]1C. The van der Waals surface area contributed by atoms with Gasteiger partial charge in [-0.1, -0.05) is 84.4 Å². The first kappa shape index (κ1) is 44.1. The third-order valence-corrected chi connectivity index (χ3v) is 11.7. The molecule has 0 radical (unpaired) electrons. The van der Waals surface area contributed by atoms with Gasteiger partial charge in [0.2, 0.25) is 12.2 Å². The molecule has 1 saturated heterocycles. The Balaban J connectivity index is 1.32. The predicted molar refractivity (Wildman–Crippen MR) is 217 cm³/mol. The smallest absolute Gasteiger partial charge is 0.410 e. The summed E-state index contributed by atoms with van der Waals surface area (Å²) < 4.78 is 52.4. The maximum Gasteiger partial charge on any atom is 0.410 e. The molecular formula is C41H48BrN3O12S. The van der Waals surface area contributed by atoms with Crippen LogP contribution in [0.4, 0.5) is 15.3 Å². The number of carbonyl (C=O) groups excluding carboxylic acids is 5. The number of nitrogens with one attached hydrogen (secondary N) is 1. The van der Waals surface area contributed by atoms with Crippen molar-refractivity contribution in [3.63, 3.8) is 0 Å². The van der Waals surface area contributed by atoms with Gasteiger partial charge >= 0.3 is 18.2 Å². The quantitative estimate of drug-likeness (QED) is 0.0847. The van der Waals surface area contributed by atoms with E-state index in [0.717, 1.165) is 33.4 Å². The summed E-state index contributed by atoms with van der Waals surface area (Å²) in [6, 6.07) is 20.4. The number of benzene rings is 3. The minimum absolute atomic E-state index is 0.0236. The number of carbonyl (C=O) groups is 5. The highest BCUT2D eigenvalue weighted by Gasteiger charge is 2.46. The van der Waals surface area contributed by atoms with E-state index in [2.05, 4.69) is 21.2 Å². The molecule has 0 aromatic heterocycles. The van der Waals surface area contributed by atoms with Crippen molar-refractivity contribution in [2.24, 2.45) is 11.8 Å². The number of nitrogens with zero attached hydrogens (tertiary/aromatic N) is 2. The molecule has 2 aliphatic rings. The molecule has 3 aromatic rings. The van der Waals surface area contributed by atoms with E-state index in [1.165, 1.54) is 37.9 Å². The number of sulfone groups is 1. The molecule has 1 heterocycles. The summed E-state index contributed by atoms with van der Waals surface area (Å²) in [6.07, 6.45) is -3.49. The zero-order chi connectivity index (χ0) is 42.3. The number of alkyl halides is 1. The number of likely N-dealkylation sites (N-methyl/N-ethyl adjacent to an activating group) is 1. The molecule has 3 aromatic carbocycles. The Labute approximate surface area is 346 Å². The Morgan fingerprint density at radius 2 is 1.52 bits per heavy atom. The maximum atomic E-state index is 13.6. The third-order valence-electron chi connectivity index (χ3n) is 10.2. The highest BCUT2D eigenvalue weighted by atomic mass is 79.9. The molecule has 0 bridgehead atoms. The fourth-order valence-electron chi connectivity index (χ4n) is 6.96. The van der Waals surface area contributed by atoms with E-state index >= 15 is 0 Å². The van der Waals surface area contributed by atoms with Crippen LogP contribution in [0, 0.1) is 11.8 Å². The average molecular weight is 887 g/mol. The van der Waals surface area contributed by atoms with Crippen LogP contribution in [0.15, 0.2) is 66.7 Å². The van der Waals surface area contributed by atoms with Gasteiger partial charge in [-0.05, 0) is 52.8 Å². The second-order valence-corrected chi connectivity index (χ2v) is 17.3. The van der Waals surface area contributed by atoms with Gasteiger partial charge in [0.05, 0.1) is 16.9 Å². The molecule has 0 saturated carbocycles. The van der Waals surface area contributed by atoms with Gasteiger partial charge in [-0.15, -0.1) is 0 Å². The minimum atomic E-state index is -3.35. The zero-order valence-electron chi connectivity index (χ0n) is 33.1. The largest absolute Gasteiger partial charge is 0.459 e. The van der Waals surface area contributed by atoms with Crippen LogP contribution in [0.5, 0.6) is 5.75 Å². The van der Waals surface area contributed by atoms with Gasteiger partial charge in [0.1, 0.15) is 41.4 Å². The fourth-order valence-corrected chi connectivity index (χ4v) is 7.97. The molecule has 1 fully saturated rings. The first-order valence-electron chi connectivity index (χ1n) is 18.6. The van der Waals surface area contributed by atoms with E-state index in [1.54, 1.807) is 6.07 Å². The molecule has 3 amide bonds. The number of Topliss-reactive ketones (excluding diaryl/α,β-unsaturated/α-hetero) is 1. The highest BCUT2D eigenvalue weighted by molar-refractivity contribution is 9.09. The number of hydrogen-bond acceptors (Lipinski definition) is 12. The zero-order valence-corrected chi connectivity index (χ0v) is 35.5. The summed E-state index contributed by atoms with van der Waals surface area (Å²) in [7, 11) is -1.92. The second-order valence-electron chi connectivity index (χ2n) is 14.6. The standard InChI is InChI=1S/C41H48BrN3O12S/c1-24-25(2)38(55-27(4)47)39(57-37(24)26(3)46)56-35-16-15-28(21-53-41(50)45(23-42)17-18-58(6,51)52)19-34(35)43-36(48)20-44(5)40(49)54-22-33-31-13-9-7-11-29(31)30-12-8-10-14-32(30)33/h7-16,19,24-25,33,37-39H,17-18,20-23H2,1-6H3,(H,43,48)/t24-,25-,37?,38?,39+/m0/s1. The molecule has 5 rings (SSSR count). The Hall–Kier alpha value is -5.00. The normalized spacial score (nSPS) is 19.9. The van der Waals surface area contributed by atoms with E-state index in [-0.39, 0.29) is 65.9 Å². The van der Waals surface area contributed by atoms with Gasteiger partial charge in [-0.2, -0.15) is 0 Å². The van der Waals surface area contributed by atoms with E-state index in [1.807, 2.05) is 62.4 Å². The van der Waals surface area contributed by atoms with E-state index in [4.69, 9.17) is 23.7 Å². The summed E-state index contributed by atoms with van der Waals surface area (Å²) >= 11 is 3.18. The van der Waals surface area contributed by atoms with Crippen LogP contribution in [0.3, 0.4) is 0 Å². The van der Waals surface area contributed by atoms with Gasteiger partial charge < -0.3 is 33.9 Å². The van der Waals surface area contributed by atoms with Gasteiger partial charge in [0.15, 0.2) is 11.9 Å². The summed E-state index contributed by atoms with van der Waals surface area (Å²) in [5.41, 5.74) is 4.75. The highest BCUT2D eigenvalue weighted by Crippen LogP contribution is 2.44.